The summed E-state index contributed by atoms with van der Waals surface area (Å²) in [5.41, 5.74) is 3.97. The van der Waals surface area contributed by atoms with Gasteiger partial charge in [0.25, 0.3) is 0 Å². The molecule has 2 nitrogen and oxygen atoms in total. The lowest BCUT2D eigenvalue weighted by Gasteiger charge is -2.13. The van der Waals surface area contributed by atoms with Crippen LogP contribution in [0, 0.1) is 0 Å². The van der Waals surface area contributed by atoms with Gasteiger partial charge in [-0.1, -0.05) is 11.6 Å². The van der Waals surface area contributed by atoms with E-state index in [1.54, 1.807) is 17.9 Å². The second-order valence-corrected chi connectivity index (χ2v) is 3.56. The molecule has 0 saturated heterocycles. The maximum atomic E-state index is 5.57. The van der Waals surface area contributed by atoms with Crippen LogP contribution >= 0.6 is 11.6 Å². The number of pyridine rings is 1. The minimum absolute atomic E-state index is 0.324. The van der Waals surface area contributed by atoms with E-state index in [1.165, 1.54) is 5.56 Å². The molecule has 0 bridgehead atoms. The van der Waals surface area contributed by atoms with Crippen LogP contribution in [0.15, 0.2) is 35.6 Å². The van der Waals surface area contributed by atoms with Crippen molar-refractivity contribution in [1.82, 2.24) is 10.3 Å². The molecule has 0 saturated carbocycles. The molecule has 0 aromatic carbocycles. The Labute approximate surface area is 90.0 Å². The van der Waals surface area contributed by atoms with Crippen LogP contribution in [0.1, 0.15) is 25.5 Å². The molecular weight excluding hydrogens is 196 g/mol. The number of aromatic nitrogens is 1. The standard InChI is InChI=1S/C11H15ClN2/c1-9(7-12)8-14-10(2)11-3-5-13-6-4-11/h3-7,10,14H,8H2,1-2H3/b9-7+/t10-/m0/s1. The van der Waals surface area contributed by atoms with Crippen molar-refractivity contribution in [3.05, 3.63) is 41.2 Å². The largest absolute Gasteiger partial charge is 0.306 e. The van der Waals surface area contributed by atoms with Crippen LogP contribution in [0.4, 0.5) is 0 Å². The molecule has 1 aromatic rings. The average molecular weight is 211 g/mol. The van der Waals surface area contributed by atoms with Crippen LogP contribution in [0.2, 0.25) is 0 Å². The zero-order valence-corrected chi connectivity index (χ0v) is 9.25. The molecule has 0 aliphatic carbocycles. The first-order valence-corrected chi connectivity index (χ1v) is 5.07. The van der Waals surface area contributed by atoms with Gasteiger partial charge in [0.05, 0.1) is 0 Å². The van der Waals surface area contributed by atoms with Crippen LogP contribution in [0.3, 0.4) is 0 Å². The Hall–Kier alpha value is -0.860. The van der Waals surface area contributed by atoms with E-state index in [4.69, 9.17) is 11.6 Å². The number of hydrogen-bond donors (Lipinski definition) is 1. The minimum atomic E-state index is 0.324. The topological polar surface area (TPSA) is 24.9 Å². The average Bonchev–Trinajstić information content (AvgIpc) is 2.26. The predicted molar refractivity (Wildman–Crippen MR) is 60.3 cm³/mol. The fourth-order valence-electron chi connectivity index (χ4n) is 1.12. The maximum Gasteiger partial charge on any atom is 0.0295 e. The highest BCUT2D eigenvalue weighted by atomic mass is 35.5. The van der Waals surface area contributed by atoms with E-state index >= 15 is 0 Å². The zero-order chi connectivity index (χ0) is 10.4. The van der Waals surface area contributed by atoms with Crippen molar-refractivity contribution in [2.24, 2.45) is 0 Å². The van der Waals surface area contributed by atoms with E-state index in [1.807, 2.05) is 19.1 Å². The van der Waals surface area contributed by atoms with Crippen molar-refractivity contribution in [1.29, 1.82) is 0 Å². The summed E-state index contributed by atoms with van der Waals surface area (Å²) in [6.45, 7) is 4.93. The number of nitrogens with one attached hydrogen (secondary N) is 1. The van der Waals surface area contributed by atoms with Crippen molar-refractivity contribution >= 4 is 11.6 Å². The molecule has 1 heterocycles. The molecular formula is C11H15ClN2. The number of rotatable bonds is 4. The molecule has 1 atom stereocenters. The first kappa shape index (κ1) is 11.2. The molecule has 0 amide bonds. The molecule has 3 heteroatoms. The summed E-state index contributed by atoms with van der Waals surface area (Å²) >= 11 is 5.57. The molecule has 1 rings (SSSR count). The smallest absolute Gasteiger partial charge is 0.0295 e. The van der Waals surface area contributed by atoms with Crippen LogP contribution in [-0.2, 0) is 0 Å². The van der Waals surface area contributed by atoms with E-state index in [0.717, 1.165) is 12.1 Å². The summed E-state index contributed by atoms with van der Waals surface area (Å²) in [6, 6.07) is 4.35. The van der Waals surface area contributed by atoms with Crippen molar-refractivity contribution in [3.8, 4) is 0 Å². The lowest BCUT2D eigenvalue weighted by Crippen LogP contribution is -2.20. The lowest BCUT2D eigenvalue weighted by atomic mass is 10.1. The molecule has 0 fully saturated rings. The summed E-state index contributed by atoms with van der Waals surface area (Å²) in [7, 11) is 0. The summed E-state index contributed by atoms with van der Waals surface area (Å²) in [5.74, 6) is 0. The molecule has 1 N–H and O–H groups in total. The van der Waals surface area contributed by atoms with E-state index < -0.39 is 0 Å². The predicted octanol–water partition coefficient (Wildman–Crippen LogP) is 2.87. The van der Waals surface area contributed by atoms with Gasteiger partial charge in [-0.25, -0.2) is 0 Å². The van der Waals surface area contributed by atoms with Gasteiger partial charge in [-0.2, -0.15) is 0 Å². The molecule has 0 unspecified atom stereocenters. The van der Waals surface area contributed by atoms with Gasteiger partial charge in [0.15, 0.2) is 0 Å². The fraction of sp³-hybridized carbons (Fsp3) is 0.364. The van der Waals surface area contributed by atoms with Gasteiger partial charge in [-0.3, -0.25) is 4.98 Å². The first-order valence-electron chi connectivity index (χ1n) is 4.63. The van der Waals surface area contributed by atoms with Crippen molar-refractivity contribution in [2.45, 2.75) is 19.9 Å². The van der Waals surface area contributed by atoms with Gasteiger partial charge in [-0.05, 0) is 37.1 Å². The SMILES string of the molecule is C/C(=C\Cl)CN[C@@H](C)c1ccncc1. The normalized spacial score (nSPS) is 14.1. The molecule has 14 heavy (non-hydrogen) atoms. The van der Waals surface area contributed by atoms with Gasteiger partial charge in [-0.15, -0.1) is 0 Å². The number of halogens is 1. The third-order valence-corrected chi connectivity index (χ3v) is 2.45. The summed E-state index contributed by atoms with van der Waals surface area (Å²) in [4.78, 5) is 3.98. The molecule has 0 aliphatic heterocycles. The molecule has 0 radical (unpaired) electrons. The quantitative estimate of drug-likeness (QED) is 0.827. The van der Waals surface area contributed by atoms with Crippen molar-refractivity contribution < 1.29 is 0 Å². The minimum Gasteiger partial charge on any atom is -0.306 e. The fourth-order valence-corrected chi connectivity index (χ4v) is 1.20. The third-order valence-electron chi connectivity index (χ3n) is 2.08. The summed E-state index contributed by atoms with van der Waals surface area (Å²) in [5, 5.41) is 3.37. The zero-order valence-electron chi connectivity index (χ0n) is 8.50. The highest BCUT2D eigenvalue weighted by Gasteiger charge is 2.02. The molecule has 1 aromatic heterocycles. The Morgan fingerprint density at radius 2 is 2.21 bits per heavy atom. The molecule has 0 spiro atoms. The highest BCUT2D eigenvalue weighted by Crippen LogP contribution is 2.10. The van der Waals surface area contributed by atoms with Crippen LogP contribution < -0.4 is 5.32 Å². The van der Waals surface area contributed by atoms with E-state index in [2.05, 4.69) is 17.2 Å². The first-order chi connectivity index (χ1) is 6.74. The summed E-state index contributed by atoms with van der Waals surface area (Å²) in [6.07, 6.45) is 3.61. The Morgan fingerprint density at radius 3 is 2.79 bits per heavy atom. The lowest BCUT2D eigenvalue weighted by molar-refractivity contribution is 0.606. The van der Waals surface area contributed by atoms with Crippen LogP contribution in [0.25, 0.3) is 0 Å². The van der Waals surface area contributed by atoms with Gasteiger partial charge >= 0.3 is 0 Å². The van der Waals surface area contributed by atoms with Gasteiger partial charge in [0.1, 0.15) is 0 Å². The van der Waals surface area contributed by atoms with Crippen molar-refractivity contribution in [2.75, 3.05) is 6.54 Å². The van der Waals surface area contributed by atoms with E-state index in [-0.39, 0.29) is 0 Å². The third kappa shape index (κ3) is 3.48. The van der Waals surface area contributed by atoms with Crippen LogP contribution in [-0.4, -0.2) is 11.5 Å². The molecule has 0 aliphatic rings. The van der Waals surface area contributed by atoms with Gasteiger partial charge < -0.3 is 5.32 Å². The van der Waals surface area contributed by atoms with Gasteiger partial charge in [0, 0.05) is 30.5 Å². The van der Waals surface area contributed by atoms with E-state index in [9.17, 15) is 0 Å². The Balaban J connectivity index is 2.47. The van der Waals surface area contributed by atoms with Crippen molar-refractivity contribution in [3.63, 3.8) is 0 Å². The number of hydrogen-bond acceptors (Lipinski definition) is 2. The highest BCUT2D eigenvalue weighted by molar-refractivity contribution is 6.25. The van der Waals surface area contributed by atoms with Crippen LogP contribution in [0.5, 0.6) is 0 Å². The van der Waals surface area contributed by atoms with Gasteiger partial charge in [0.2, 0.25) is 0 Å². The maximum absolute atomic E-state index is 5.57. The molecule has 76 valence electrons. The second-order valence-electron chi connectivity index (χ2n) is 3.34. The summed E-state index contributed by atoms with van der Waals surface area (Å²) < 4.78 is 0. The van der Waals surface area contributed by atoms with E-state index in [0.29, 0.717) is 6.04 Å². The Morgan fingerprint density at radius 1 is 1.57 bits per heavy atom. The Bertz CT molecular complexity index is 295. The monoisotopic (exact) mass is 210 g/mol. The number of nitrogens with zero attached hydrogens (tertiary/aromatic N) is 1. The second kappa shape index (κ2) is 5.78. The Kier molecular flexibility index (Phi) is 4.63.